The zero-order chi connectivity index (χ0) is 23.4. The number of fused-ring (bicyclic) bond motifs is 1. The number of hydrogen-bond donors (Lipinski definition) is 1. The van der Waals surface area contributed by atoms with Crippen molar-refractivity contribution in [3.63, 3.8) is 0 Å². The van der Waals surface area contributed by atoms with Gasteiger partial charge in [-0.1, -0.05) is 71.4 Å². The summed E-state index contributed by atoms with van der Waals surface area (Å²) < 4.78 is 8.02. The van der Waals surface area contributed by atoms with Crippen molar-refractivity contribution in [3.05, 3.63) is 76.0 Å². The molecule has 3 aromatic carbocycles. The fourth-order valence-corrected chi connectivity index (χ4v) is 4.64. The molecule has 0 saturated carbocycles. The van der Waals surface area contributed by atoms with Crippen molar-refractivity contribution in [1.82, 2.24) is 14.8 Å². The van der Waals surface area contributed by atoms with Crippen LogP contribution in [0.3, 0.4) is 0 Å². The minimum Gasteiger partial charge on any atom is -0.485 e. The van der Waals surface area contributed by atoms with E-state index < -0.39 is 0 Å². The highest BCUT2D eigenvalue weighted by molar-refractivity contribution is 7.99. The molecular weight excluding hydrogens is 479 g/mol. The smallest absolute Gasteiger partial charge is 0.234 e. The molecule has 0 fully saturated rings. The SMILES string of the molecule is CCn1c(COc2ccc3ccccc3c2C)nnc1SCC(=O)Nc1cccc(Cl)c1Cl. The molecule has 0 radical (unpaired) electrons. The molecule has 1 N–H and O–H groups in total. The third-order valence-corrected chi connectivity index (χ3v) is 6.96. The highest BCUT2D eigenvalue weighted by atomic mass is 35.5. The summed E-state index contributed by atoms with van der Waals surface area (Å²) in [6.07, 6.45) is 0. The summed E-state index contributed by atoms with van der Waals surface area (Å²) >= 11 is 13.4. The van der Waals surface area contributed by atoms with Crippen LogP contribution >= 0.6 is 35.0 Å². The maximum Gasteiger partial charge on any atom is 0.234 e. The van der Waals surface area contributed by atoms with Crippen LogP contribution < -0.4 is 10.1 Å². The average molecular weight is 501 g/mol. The predicted molar refractivity (Wildman–Crippen MR) is 135 cm³/mol. The van der Waals surface area contributed by atoms with Crippen LogP contribution in [0.1, 0.15) is 18.3 Å². The van der Waals surface area contributed by atoms with Gasteiger partial charge >= 0.3 is 0 Å². The Morgan fingerprint density at radius 3 is 2.73 bits per heavy atom. The highest BCUT2D eigenvalue weighted by Crippen LogP contribution is 2.30. The molecule has 0 aliphatic heterocycles. The Bertz CT molecular complexity index is 1310. The summed E-state index contributed by atoms with van der Waals surface area (Å²) in [4.78, 5) is 12.4. The number of amides is 1. The summed E-state index contributed by atoms with van der Waals surface area (Å²) in [5.74, 6) is 1.46. The zero-order valence-electron chi connectivity index (χ0n) is 18.1. The minimum atomic E-state index is -0.209. The van der Waals surface area contributed by atoms with Gasteiger partial charge in [-0.05, 0) is 48.4 Å². The molecule has 9 heteroatoms. The molecule has 0 saturated heterocycles. The number of benzene rings is 3. The highest BCUT2D eigenvalue weighted by Gasteiger charge is 2.15. The lowest BCUT2D eigenvalue weighted by Crippen LogP contribution is -2.15. The summed E-state index contributed by atoms with van der Waals surface area (Å²) in [7, 11) is 0. The van der Waals surface area contributed by atoms with Crippen molar-refractivity contribution in [1.29, 1.82) is 0 Å². The summed E-state index contributed by atoms with van der Waals surface area (Å²) in [5, 5.41) is 15.0. The molecule has 1 aromatic heterocycles. The monoisotopic (exact) mass is 500 g/mol. The molecule has 1 amide bonds. The fourth-order valence-electron chi connectivity index (χ4n) is 3.47. The van der Waals surface area contributed by atoms with Gasteiger partial charge in [-0.15, -0.1) is 10.2 Å². The number of hydrogen-bond acceptors (Lipinski definition) is 5. The van der Waals surface area contributed by atoms with Gasteiger partial charge in [0.15, 0.2) is 11.0 Å². The molecule has 170 valence electrons. The number of rotatable bonds is 8. The van der Waals surface area contributed by atoms with Crippen molar-refractivity contribution >= 4 is 57.3 Å². The van der Waals surface area contributed by atoms with Gasteiger partial charge in [-0.2, -0.15) is 0 Å². The van der Waals surface area contributed by atoms with Crippen molar-refractivity contribution < 1.29 is 9.53 Å². The van der Waals surface area contributed by atoms with Crippen molar-refractivity contribution in [2.45, 2.75) is 32.2 Å². The Labute approximate surface area is 206 Å². The number of nitrogens with one attached hydrogen (secondary N) is 1. The Morgan fingerprint density at radius 2 is 1.91 bits per heavy atom. The molecule has 0 unspecified atom stereocenters. The molecule has 0 bridgehead atoms. The number of thioether (sulfide) groups is 1. The molecule has 6 nitrogen and oxygen atoms in total. The van der Waals surface area contributed by atoms with Gasteiger partial charge in [0.05, 0.1) is 21.5 Å². The fraction of sp³-hybridized carbons (Fsp3) is 0.208. The lowest BCUT2D eigenvalue weighted by molar-refractivity contribution is -0.113. The lowest BCUT2D eigenvalue weighted by atomic mass is 10.0. The maximum atomic E-state index is 12.4. The van der Waals surface area contributed by atoms with E-state index in [9.17, 15) is 4.79 Å². The average Bonchev–Trinajstić information content (AvgIpc) is 3.22. The van der Waals surface area contributed by atoms with E-state index in [0.29, 0.717) is 33.3 Å². The molecular formula is C24H22Cl2N4O2S. The van der Waals surface area contributed by atoms with Crippen molar-refractivity contribution in [2.75, 3.05) is 11.1 Å². The number of nitrogens with zero attached hydrogens (tertiary/aromatic N) is 3. The number of aryl methyl sites for hydroxylation is 1. The van der Waals surface area contributed by atoms with Gasteiger partial charge in [-0.25, -0.2) is 0 Å². The Kier molecular flexibility index (Phi) is 7.42. The largest absolute Gasteiger partial charge is 0.485 e. The van der Waals surface area contributed by atoms with Crippen LogP contribution in [0.25, 0.3) is 10.8 Å². The van der Waals surface area contributed by atoms with Gasteiger partial charge in [0, 0.05) is 6.54 Å². The van der Waals surface area contributed by atoms with E-state index in [1.807, 2.05) is 42.7 Å². The van der Waals surface area contributed by atoms with Crippen LogP contribution in [0.2, 0.25) is 10.0 Å². The predicted octanol–water partition coefficient (Wildman–Crippen LogP) is 6.38. The number of aromatic nitrogens is 3. The van der Waals surface area contributed by atoms with Crippen LogP contribution in [0.15, 0.2) is 59.8 Å². The summed E-state index contributed by atoms with van der Waals surface area (Å²) in [6, 6.07) is 17.3. The Balaban J connectivity index is 1.40. The Morgan fingerprint density at radius 1 is 1.09 bits per heavy atom. The molecule has 4 aromatic rings. The van der Waals surface area contributed by atoms with Crippen molar-refractivity contribution in [2.24, 2.45) is 0 Å². The molecule has 4 rings (SSSR count). The van der Waals surface area contributed by atoms with E-state index in [0.717, 1.165) is 16.7 Å². The number of carbonyl (C=O) groups is 1. The third kappa shape index (κ3) is 5.27. The second kappa shape index (κ2) is 10.5. The molecule has 0 aliphatic carbocycles. The summed E-state index contributed by atoms with van der Waals surface area (Å²) in [6.45, 7) is 5.00. The summed E-state index contributed by atoms with van der Waals surface area (Å²) in [5.41, 5.74) is 1.56. The first kappa shape index (κ1) is 23.4. The second-order valence-corrected chi connectivity index (χ2v) is 9.01. The van der Waals surface area contributed by atoms with Crippen LogP contribution in [-0.2, 0) is 17.9 Å². The third-order valence-electron chi connectivity index (χ3n) is 5.17. The molecule has 33 heavy (non-hydrogen) atoms. The molecule has 0 atom stereocenters. The van der Waals surface area contributed by atoms with Crippen molar-refractivity contribution in [3.8, 4) is 5.75 Å². The van der Waals surface area contributed by atoms with E-state index in [4.69, 9.17) is 27.9 Å². The van der Waals surface area contributed by atoms with E-state index in [1.165, 1.54) is 17.1 Å². The zero-order valence-corrected chi connectivity index (χ0v) is 20.5. The topological polar surface area (TPSA) is 69.0 Å². The van der Waals surface area contributed by atoms with Gasteiger partial charge in [0.25, 0.3) is 0 Å². The first-order valence-corrected chi connectivity index (χ1v) is 12.1. The normalized spacial score (nSPS) is 11.0. The number of carbonyl (C=O) groups excluding carboxylic acids is 1. The molecule has 0 aliphatic rings. The number of halogens is 2. The Hall–Kier alpha value is -2.74. The second-order valence-electron chi connectivity index (χ2n) is 7.28. The number of ether oxygens (including phenoxy) is 1. The van der Waals surface area contributed by atoms with E-state index in [2.05, 4.69) is 27.6 Å². The molecule has 1 heterocycles. The van der Waals surface area contributed by atoms with E-state index in [1.54, 1.807) is 18.2 Å². The van der Waals surface area contributed by atoms with Gasteiger partial charge < -0.3 is 14.6 Å². The first-order chi connectivity index (χ1) is 16.0. The van der Waals surface area contributed by atoms with Crippen LogP contribution in [0, 0.1) is 6.92 Å². The van der Waals surface area contributed by atoms with Crippen LogP contribution in [0.5, 0.6) is 5.75 Å². The standard InChI is InChI=1S/C24H22Cl2N4O2S/c1-3-30-21(13-32-20-12-11-16-7-4-5-8-17(16)15(20)2)28-29-24(30)33-14-22(31)27-19-10-6-9-18(25)23(19)26/h4-12H,3,13-14H2,1-2H3,(H,27,31). The van der Waals surface area contributed by atoms with Gasteiger partial charge in [0.2, 0.25) is 5.91 Å². The minimum absolute atomic E-state index is 0.158. The molecule has 0 spiro atoms. The van der Waals surface area contributed by atoms with Gasteiger partial charge in [0.1, 0.15) is 12.4 Å². The first-order valence-electron chi connectivity index (χ1n) is 10.4. The van der Waals surface area contributed by atoms with Crippen LogP contribution in [0.4, 0.5) is 5.69 Å². The van der Waals surface area contributed by atoms with Crippen LogP contribution in [-0.4, -0.2) is 26.4 Å². The quantitative estimate of drug-likeness (QED) is 0.284. The lowest BCUT2D eigenvalue weighted by Gasteiger charge is -2.12. The number of anilines is 1. The van der Waals surface area contributed by atoms with E-state index >= 15 is 0 Å². The maximum absolute atomic E-state index is 12.4. The van der Waals surface area contributed by atoms with E-state index in [-0.39, 0.29) is 18.3 Å². The van der Waals surface area contributed by atoms with Gasteiger partial charge in [-0.3, -0.25) is 4.79 Å².